The van der Waals surface area contributed by atoms with Crippen LogP contribution in [0.4, 0.5) is 13.2 Å². The lowest BCUT2D eigenvalue weighted by atomic mass is 9.85. The van der Waals surface area contributed by atoms with E-state index in [0.29, 0.717) is 26.3 Å². The first-order valence-corrected chi connectivity index (χ1v) is 11.0. The highest BCUT2D eigenvalue weighted by atomic mass is 36.0. The molecule has 2 aliphatic heterocycles. The van der Waals surface area contributed by atoms with Gasteiger partial charge in [-0.2, -0.15) is 21.6 Å². The van der Waals surface area contributed by atoms with Gasteiger partial charge in [0.25, 0.3) is 0 Å². The first-order chi connectivity index (χ1) is 12.4. The average Bonchev–Trinajstić information content (AvgIpc) is 2.52. The molecule has 12 heteroatoms. The predicted molar refractivity (Wildman–Crippen MR) is 93.8 cm³/mol. The second kappa shape index (κ2) is 8.52. The van der Waals surface area contributed by atoms with Crippen LogP contribution in [0.2, 0.25) is 0 Å². The number of hydrogen-bond donors (Lipinski definition) is 0. The number of alkyl halides is 3. The van der Waals surface area contributed by atoms with Crippen molar-refractivity contribution in [2.24, 2.45) is 0 Å². The van der Waals surface area contributed by atoms with Crippen LogP contribution in [0.5, 0.6) is 0 Å². The summed E-state index contributed by atoms with van der Waals surface area (Å²) < 4.78 is 61.1. The molecule has 27 heavy (non-hydrogen) atoms. The molecule has 0 aliphatic carbocycles. The highest BCUT2D eigenvalue weighted by Gasteiger charge is 2.48. The Labute approximate surface area is 163 Å². The van der Waals surface area contributed by atoms with Crippen molar-refractivity contribution < 1.29 is 31.1 Å². The standard InChI is InChI=1S/C15H17F3N2O2.Cl2O2S/c16-15(17,18)13(21)19-6-8-20(9-7-19)14(10-22-11-14)12-4-2-1-3-5-12;1-5(2,3)4/h1-5H,6-11H2;. The molecule has 1 amide bonds. The highest BCUT2D eigenvalue weighted by Crippen LogP contribution is 2.36. The molecule has 1 aromatic rings. The van der Waals surface area contributed by atoms with Crippen LogP contribution in [-0.2, 0) is 23.3 Å². The van der Waals surface area contributed by atoms with Crippen LogP contribution in [0, 0.1) is 0 Å². The smallest absolute Gasteiger partial charge is 0.377 e. The third kappa shape index (κ3) is 5.95. The van der Waals surface area contributed by atoms with Crippen LogP contribution in [0.25, 0.3) is 0 Å². The molecule has 0 N–H and O–H groups in total. The van der Waals surface area contributed by atoms with Crippen molar-refractivity contribution in [3.63, 3.8) is 0 Å². The molecule has 0 unspecified atom stereocenters. The molecule has 2 saturated heterocycles. The molecule has 2 aliphatic rings. The van der Waals surface area contributed by atoms with Gasteiger partial charge >= 0.3 is 20.3 Å². The second-order valence-corrected chi connectivity index (χ2v) is 9.71. The number of rotatable bonds is 2. The summed E-state index contributed by atoms with van der Waals surface area (Å²) in [5.74, 6) is -1.74. The number of carbonyl (C=O) groups is 1. The van der Waals surface area contributed by atoms with Crippen molar-refractivity contribution in [3.05, 3.63) is 35.9 Å². The summed E-state index contributed by atoms with van der Waals surface area (Å²) in [5.41, 5.74) is 0.839. The van der Waals surface area contributed by atoms with Gasteiger partial charge in [-0.05, 0) is 5.56 Å². The van der Waals surface area contributed by atoms with Crippen molar-refractivity contribution in [1.82, 2.24) is 9.80 Å². The van der Waals surface area contributed by atoms with Gasteiger partial charge in [-0.1, -0.05) is 30.3 Å². The van der Waals surface area contributed by atoms with Crippen LogP contribution in [0.1, 0.15) is 5.56 Å². The van der Waals surface area contributed by atoms with Gasteiger partial charge < -0.3 is 9.64 Å². The van der Waals surface area contributed by atoms with Crippen LogP contribution in [-0.4, -0.2) is 69.7 Å². The minimum absolute atomic E-state index is 0.0902. The lowest BCUT2D eigenvalue weighted by molar-refractivity contribution is -0.192. The first-order valence-electron chi connectivity index (χ1n) is 7.82. The van der Waals surface area contributed by atoms with Crippen molar-refractivity contribution in [2.45, 2.75) is 11.7 Å². The molecule has 2 heterocycles. The maximum atomic E-state index is 12.5. The topological polar surface area (TPSA) is 66.9 Å². The van der Waals surface area contributed by atoms with E-state index in [1.807, 2.05) is 30.3 Å². The number of piperazine rings is 1. The van der Waals surface area contributed by atoms with Gasteiger partial charge in [-0.25, -0.2) is 0 Å². The van der Waals surface area contributed by atoms with Crippen molar-refractivity contribution >= 4 is 35.5 Å². The molecule has 2 fully saturated rings. The second-order valence-electron chi connectivity index (χ2n) is 6.05. The van der Waals surface area contributed by atoms with E-state index in [0.717, 1.165) is 10.5 Å². The average molecular weight is 449 g/mol. The first kappa shape index (κ1) is 22.2. The van der Waals surface area contributed by atoms with E-state index in [1.54, 1.807) is 0 Å². The molecule has 3 rings (SSSR count). The number of hydrogen-bond acceptors (Lipinski definition) is 5. The van der Waals surface area contributed by atoms with E-state index in [9.17, 15) is 18.0 Å². The number of nitrogens with zero attached hydrogens (tertiary/aromatic N) is 2. The maximum Gasteiger partial charge on any atom is 0.471 e. The quantitative estimate of drug-likeness (QED) is 0.649. The third-order valence-electron chi connectivity index (χ3n) is 4.41. The normalized spacial score (nSPS) is 20.3. The summed E-state index contributed by atoms with van der Waals surface area (Å²) in [6.45, 7) is 2.08. The van der Waals surface area contributed by atoms with Gasteiger partial charge in [0, 0.05) is 47.5 Å². The number of benzene rings is 1. The predicted octanol–water partition coefficient (Wildman–Crippen LogP) is 2.33. The summed E-state index contributed by atoms with van der Waals surface area (Å²) >= 11 is 0. The number of carbonyl (C=O) groups excluding carboxylic acids is 1. The van der Waals surface area contributed by atoms with Crippen molar-refractivity contribution in [3.8, 4) is 0 Å². The van der Waals surface area contributed by atoms with Gasteiger partial charge in [-0.3, -0.25) is 9.69 Å². The zero-order valence-corrected chi connectivity index (χ0v) is 16.3. The van der Waals surface area contributed by atoms with Crippen LogP contribution >= 0.6 is 21.4 Å². The van der Waals surface area contributed by atoms with E-state index in [1.165, 1.54) is 0 Å². The van der Waals surface area contributed by atoms with Crippen LogP contribution in [0.3, 0.4) is 0 Å². The summed E-state index contributed by atoms with van der Waals surface area (Å²) in [6.07, 6.45) is -4.79. The molecule has 1 aromatic carbocycles. The zero-order chi connectivity index (χ0) is 20.3. The molecule has 0 saturated carbocycles. The molecule has 152 valence electrons. The molecular weight excluding hydrogens is 432 g/mol. The molecular formula is C15H17Cl2F3N2O4S. The lowest BCUT2D eigenvalue weighted by Crippen LogP contribution is -2.65. The van der Waals surface area contributed by atoms with Gasteiger partial charge in [-0.15, -0.1) is 0 Å². The minimum Gasteiger partial charge on any atom is -0.377 e. The fourth-order valence-corrected chi connectivity index (χ4v) is 3.09. The molecule has 0 radical (unpaired) electrons. The van der Waals surface area contributed by atoms with Crippen molar-refractivity contribution in [2.75, 3.05) is 39.4 Å². The Kier molecular flexibility index (Phi) is 7.01. The fraction of sp³-hybridized carbons (Fsp3) is 0.533. The zero-order valence-electron chi connectivity index (χ0n) is 14.0. The Morgan fingerprint density at radius 3 is 1.89 bits per heavy atom. The summed E-state index contributed by atoms with van der Waals surface area (Å²) in [4.78, 5) is 14.3. The van der Waals surface area contributed by atoms with E-state index in [4.69, 9.17) is 13.2 Å². The maximum absolute atomic E-state index is 12.5. The van der Waals surface area contributed by atoms with Crippen LogP contribution in [0.15, 0.2) is 30.3 Å². The Morgan fingerprint density at radius 1 is 1.04 bits per heavy atom. The molecule has 0 bridgehead atoms. The van der Waals surface area contributed by atoms with E-state index >= 15 is 0 Å². The summed E-state index contributed by atoms with van der Waals surface area (Å²) in [5, 5.41) is 0. The monoisotopic (exact) mass is 448 g/mol. The van der Waals surface area contributed by atoms with Gasteiger partial charge in [0.05, 0.1) is 18.8 Å². The van der Waals surface area contributed by atoms with Gasteiger partial charge in [0.2, 0.25) is 0 Å². The minimum atomic E-state index is -4.79. The van der Waals surface area contributed by atoms with Crippen molar-refractivity contribution in [1.29, 1.82) is 0 Å². The van der Waals surface area contributed by atoms with Crippen LogP contribution < -0.4 is 0 Å². The molecule has 0 atom stereocenters. The Hall–Kier alpha value is -1.07. The van der Waals surface area contributed by atoms with E-state index in [-0.39, 0.29) is 18.6 Å². The lowest BCUT2D eigenvalue weighted by Gasteiger charge is -2.52. The Morgan fingerprint density at radius 2 is 1.52 bits per heavy atom. The van der Waals surface area contributed by atoms with Gasteiger partial charge in [0.15, 0.2) is 0 Å². The SMILES string of the molecule is O=C(N1CCN(C2(c3ccccc3)COC2)CC1)C(F)(F)F.O=S(=O)(Cl)Cl. The number of amides is 1. The number of halogens is 5. The molecule has 0 spiro atoms. The Bertz CT molecular complexity index is 742. The summed E-state index contributed by atoms with van der Waals surface area (Å²) in [6, 6.07) is 9.83. The number of ether oxygens (including phenoxy) is 1. The third-order valence-corrected chi connectivity index (χ3v) is 4.41. The van der Waals surface area contributed by atoms with E-state index < -0.39 is 20.3 Å². The van der Waals surface area contributed by atoms with Gasteiger partial charge in [0.1, 0.15) is 0 Å². The summed E-state index contributed by atoms with van der Waals surface area (Å²) in [7, 11) is 4.81. The fourth-order valence-electron chi connectivity index (χ4n) is 3.09. The highest BCUT2D eigenvalue weighted by molar-refractivity contribution is 8.31. The molecule has 0 aromatic heterocycles. The molecule has 6 nitrogen and oxygen atoms in total. The Balaban J connectivity index is 0.000000465. The van der Waals surface area contributed by atoms with E-state index in [2.05, 4.69) is 26.3 Å². The largest absolute Gasteiger partial charge is 0.471 e.